The summed E-state index contributed by atoms with van der Waals surface area (Å²) in [6.45, 7) is 1.77. The molecule has 0 fully saturated rings. The van der Waals surface area contributed by atoms with Gasteiger partial charge in [-0.3, -0.25) is 4.79 Å². The number of para-hydroxylation sites is 1. The fraction of sp³-hybridized carbons (Fsp3) is 0.0800. The highest BCUT2D eigenvalue weighted by Crippen LogP contribution is 2.26. The van der Waals surface area contributed by atoms with Crippen LogP contribution in [0.15, 0.2) is 78.9 Å². The van der Waals surface area contributed by atoms with E-state index < -0.39 is 0 Å². The number of nitrogens with zero attached hydrogens (tertiary/aromatic N) is 3. The number of aryl methyl sites for hydroxylation is 1. The van der Waals surface area contributed by atoms with Gasteiger partial charge in [0, 0.05) is 11.1 Å². The van der Waals surface area contributed by atoms with Crippen LogP contribution in [0.1, 0.15) is 5.56 Å². The summed E-state index contributed by atoms with van der Waals surface area (Å²) in [6, 6.07) is 24.9. The zero-order valence-corrected chi connectivity index (χ0v) is 18.0. The number of nitrogens with one attached hydrogen (secondary N) is 1. The SMILES string of the molecule is Cc1cc2nn(-c3cccc4ccccc34)nc2cc1NC(=O)COc1ccccc1Cl. The molecular weight excluding hydrogens is 424 g/mol. The topological polar surface area (TPSA) is 69.0 Å². The molecule has 32 heavy (non-hydrogen) atoms. The maximum absolute atomic E-state index is 12.4. The van der Waals surface area contributed by atoms with Crippen molar-refractivity contribution in [3.63, 3.8) is 0 Å². The smallest absolute Gasteiger partial charge is 0.262 e. The van der Waals surface area contributed by atoms with Crippen molar-refractivity contribution in [3.05, 3.63) is 89.4 Å². The zero-order chi connectivity index (χ0) is 22.1. The minimum Gasteiger partial charge on any atom is -0.482 e. The lowest BCUT2D eigenvalue weighted by Crippen LogP contribution is -2.20. The molecule has 0 atom stereocenters. The van der Waals surface area contributed by atoms with E-state index in [0.717, 1.165) is 27.5 Å². The Morgan fingerprint density at radius 3 is 2.53 bits per heavy atom. The van der Waals surface area contributed by atoms with Crippen LogP contribution in [0.5, 0.6) is 5.75 Å². The third kappa shape index (κ3) is 3.88. The van der Waals surface area contributed by atoms with Crippen molar-refractivity contribution >= 4 is 45.0 Å². The fourth-order valence-corrected chi connectivity index (χ4v) is 3.77. The molecule has 1 amide bonds. The number of aromatic nitrogens is 3. The molecule has 1 N–H and O–H groups in total. The Labute approximate surface area is 189 Å². The molecule has 0 unspecified atom stereocenters. The summed E-state index contributed by atoms with van der Waals surface area (Å²) < 4.78 is 5.52. The molecule has 6 nitrogen and oxygen atoms in total. The number of fused-ring (bicyclic) bond motifs is 2. The molecule has 7 heteroatoms. The van der Waals surface area contributed by atoms with Crippen LogP contribution in [0.25, 0.3) is 27.5 Å². The van der Waals surface area contributed by atoms with Crippen LogP contribution in [-0.4, -0.2) is 27.5 Å². The van der Waals surface area contributed by atoms with Gasteiger partial charge in [0.25, 0.3) is 5.91 Å². The number of amides is 1. The first kappa shape index (κ1) is 20.0. The van der Waals surface area contributed by atoms with Crippen molar-refractivity contribution in [2.45, 2.75) is 6.92 Å². The first-order valence-electron chi connectivity index (χ1n) is 10.1. The second-order valence-electron chi connectivity index (χ2n) is 7.41. The highest BCUT2D eigenvalue weighted by Gasteiger charge is 2.13. The zero-order valence-electron chi connectivity index (χ0n) is 17.2. The first-order valence-corrected chi connectivity index (χ1v) is 10.5. The molecule has 0 saturated heterocycles. The molecule has 4 aromatic carbocycles. The molecule has 158 valence electrons. The Hall–Kier alpha value is -3.90. The van der Waals surface area contributed by atoms with Crippen molar-refractivity contribution < 1.29 is 9.53 Å². The maximum Gasteiger partial charge on any atom is 0.262 e. The van der Waals surface area contributed by atoms with Crippen LogP contribution in [0, 0.1) is 6.92 Å². The summed E-state index contributed by atoms with van der Waals surface area (Å²) in [5.74, 6) is 0.184. The quantitative estimate of drug-likeness (QED) is 0.387. The highest BCUT2D eigenvalue weighted by molar-refractivity contribution is 6.32. The second kappa shape index (κ2) is 8.32. The van der Waals surface area contributed by atoms with Crippen molar-refractivity contribution in [2.24, 2.45) is 0 Å². The van der Waals surface area contributed by atoms with Gasteiger partial charge < -0.3 is 10.1 Å². The van der Waals surface area contributed by atoms with Crippen LogP contribution in [0.3, 0.4) is 0 Å². The molecule has 0 aliphatic rings. The van der Waals surface area contributed by atoms with Gasteiger partial charge in [0.1, 0.15) is 16.8 Å². The summed E-state index contributed by atoms with van der Waals surface area (Å²) in [6.07, 6.45) is 0. The van der Waals surface area contributed by atoms with Gasteiger partial charge in [0.05, 0.1) is 10.7 Å². The highest BCUT2D eigenvalue weighted by atomic mass is 35.5. The second-order valence-corrected chi connectivity index (χ2v) is 7.82. The Balaban J connectivity index is 1.40. The van der Waals surface area contributed by atoms with Gasteiger partial charge in [-0.1, -0.05) is 60.1 Å². The van der Waals surface area contributed by atoms with E-state index in [9.17, 15) is 4.79 Å². The Kier molecular flexibility index (Phi) is 5.21. The Morgan fingerprint density at radius 2 is 1.69 bits per heavy atom. The summed E-state index contributed by atoms with van der Waals surface area (Å²) in [4.78, 5) is 14.1. The van der Waals surface area contributed by atoms with Crippen LogP contribution in [0.2, 0.25) is 5.02 Å². The Morgan fingerprint density at radius 1 is 0.969 bits per heavy atom. The van der Waals surface area contributed by atoms with Crippen molar-refractivity contribution in [1.29, 1.82) is 0 Å². The van der Waals surface area contributed by atoms with Gasteiger partial charge in [-0.15, -0.1) is 15.0 Å². The summed E-state index contributed by atoms with van der Waals surface area (Å²) >= 11 is 6.07. The predicted octanol–water partition coefficient (Wildman–Crippen LogP) is 5.55. The number of ether oxygens (including phenoxy) is 1. The van der Waals surface area contributed by atoms with Crippen molar-refractivity contribution in [3.8, 4) is 11.4 Å². The number of anilines is 1. The van der Waals surface area contributed by atoms with E-state index in [2.05, 4.69) is 33.7 Å². The summed E-state index contributed by atoms with van der Waals surface area (Å²) in [7, 11) is 0. The number of carbonyl (C=O) groups is 1. The molecule has 0 bridgehead atoms. The van der Waals surface area contributed by atoms with Gasteiger partial charge in [-0.25, -0.2) is 0 Å². The number of benzene rings is 4. The van der Waals surface area contributed by atoms with E-state index >= 15 is 0 Å². The lowest BCUT2D eigenvalue weighted by atomic mass is 10.1. The minimum atomic E-state index is -0.284. The standard InChI is InChI=1S/C25H19ClN4O2/c1-16-13-21-22(14-20(16)27-25(31)15-32-24-12-5-4-10-19(24)26)29-30(28-21)23-11-6-8-17-7-2-3-9-18(17)23/h2-14H,15H2,1H3,(H,27,31). The van der Waals surface area contributed by atoms with Gasteiger partial charge in [0.2, 0.25) is 0 Å². The molecular formula is C25H19ClN4O2. The van der Waals surface area contributed by atoms with Crippen LogP contribution < -0.4 is 10.1 Å². The van der Waals surface area contributed by atoms with Crippen LogP contribution in [-0.2, 0) is 4.79 Å². The molecule has 0 aliphatic heterocycles. The molecule has 1 aromatic heterocycles. The lowest BCUT2D eigenvalue weighted by Gasteiger charge is -2.10. The van der Waals surface area contributed by atoms with Gasteiger partial charge in [0.15, 0.2) is 6.61 Å². The lowest BCUT2D eigenvalue weighted by molar-refractivity contribution is -0.118. The monoisotopic (exact) mass is 442 g/mol. The predicted molar refractivity (Wildman–Crippen MR) is 127 cm³/mol. The molecule has 0 radical (unpaired) electrons. The number of hydrogen-bond donors (Lipinski definition) is 1. The van der Waals surface area contributed by atoms with E-state index in [1.807, 2.05) is 43.3 Å². The van der Waals surface area contributed by atoms with E-state index in [4.69, 9.17) is 16.3 Å². The van der Waals surface area contributed by atoms with E-state index in [1.165, 1.54) is 0 Å². The van der Waals surface area contributed by atoms with E-state index in [0.29, 0.717) is 22.0 Å². The molecule has 1 heterocycles. The fourth-order valence-electron chi connectivity index (χ4n) is 3.58. The van der Waals surface area contributed by atoms with Gasteiger partial charge >= 0.3 is 0 Å². The number of halogens is 1. The molecule has 0 saturated carbocycles. The van der Waals surface area contributed by atoms with Gasteiger partial charge in [-0.05, 0) is 48.2 Å². The normalized spacial score (nSPS) is 11.1. The van der Waals surface area contributed by atoms with E-state index in [1.54, 1.807) is 29.1 Å². The van der Waals surface area contributed by atoms with Crippen LogP contribution in [0.4, 0.5) is 5.69 Å². The molecule has 0 aliphatic carbocycles. The Bertz CT molecular complexity index is 1460. The van der Waals surface area contributed by atoms with Gasteiger partial charge in [-0.2, -0.15) is 0 Å². The summed E-state index contributed by atoms with van der Waals surface area (Å²) in [5, 5.41) is 14.8. The van der Waals surface area contributed by atoms with Crippen molar-refractivity contribution in [1.82, 2.24) is 15.0 Å². The molecule has 0 spiro atoms. The third-order valence-corrected chi connectivity index (χ3v) is 5.49. The maximum atomic E-state index is 12.4. The first-order chi connectivity index (χ1) is 15.6. The van der Waals surface area contributed by atoms with E-state index in [-0.39, 0.29) is 12.5 Å². The van der Waals surface area contributed by atoms with Crippen LogP contribution >= 0.6 is 11.6 Å². The number of hydrogen-bond acceptors (Lipinski definition) is 4. The molecule has 5 aromatic rings. The minimum absolute atomic E-state index is 0.149. The van der Waals surface area contributed by atoms with Crippen molar-refractivity contribution in [2.75, 3.05) is 11.9 Å². The molecule has 5 rings (SSSR count). The largest absolute Gasteiger partial charge is 0.482 e. The number of rotatable bonds is 5. The average Bonchev–Trinajstić information content (AvgIpc) is 3.21. The number of carbonyl (C=O) groups excluding carboxylic acids is 1. The average molecular weight is 443 g/mol. The summed E-state index contributed by atoms with van der Waals surface area (Å²) in [5.41, 5.74) is 3.88. The third-order valence-electron chi connectivity index (χ3n) is 5.18.